The zero-order chi connectivity index (χ0) is 10.6. The highest BCUT2D eigenvalue weighted by atomic mass is 19.1. The predicted octanol–water partition coefficient (Wildman–Crippen LogP) is 1.77. The van der Waals surface area contributed by atoms with Crippen molar-refractivity contribution >= 4 is 5.97 Å². The van der Waals surface area contributed by atoms with E-state index in [9.17, 15) is 9.18 Å². The number of ether oxygens (including phenoxy) is 2. The van der Waals surface area contributed by atoms with Crippen LogP contribution in [0.15, 0.2) is 24.3 Å². The van der Waals surface area contributed by atoms with Gasteiger partial charge in [0.25, 0.3) is 0 Å². The first kappa shape index (κ1) is 10.5. The van der Waals surface area contributed by atoms with Crippen LogP contribution >= 0.6 is 0 Å². The summed E-state index contributed by atoms with van der Waals surface area (Å²) in [6.07, 6.45) is -0.808. The van der Waals surface area contributed by atoms with Crippen LogP contribution in [0.2, 0.25) is 0 Å². The second-order valence-corrected chi connectivity index (χ2v) is 2.71. The molecule has 3 nitrogen and oxygen atoms in total. The van der Waals surface area contributed by atoms with Crippen LogP contribution in [0.25, 0.3) is 0 Å². The zero-order valence-corrected chi connectivity index (χ0v) is 7.99. The van der Waals surface area contributed by atoms with Crippen molar-refractivity contribution in [3.05, 3.63) is 30.1 Å². The molecule has 0 aliphatic rings. The second kappa shape index (κ2) is 4.60. The molecule has 0 aromatic heterocycles. The van der Waals surface area contributed by atoms with Crippen LogP contribution in [0.4, 0.5) is 4.39 Å². The van der Waals surface area contributed by atoms with Crippen LogP contribution in [0.3, 0.4) is 0 Å². The summed E-state index contributed by atoms with van der Waals surface area (Å²) in [4.78, 5) is 11.0. The van der Waals surface area contributed by atoms with Crippen LogP contribution in [0.1, 0.15) is 6.92 Å². The molecular weight excluding hydrogens is 187 g/mol. The van der Waals surface area contributed by atoms with Crippen LogP contribution in [-0.4, -0.2) is 19.2 Å². The third-order valence-corrected chi connectivity index (χ3v) is 1.67. The molecule has 0 bridgehead atoms. The van der Waals surface area contributed by atoms with E-state index >= 15 is 0 Å². The molecule has 0 unspecified atom stereocenters. The summed E-state index contributed by atoms with van der Waals surface area (Å²) in [6.45, 7) is 1.50. The third-order valence-electron chi connectivity index (χ3n) is 1.67. The minimum absolute atomic E-state index is 0.0467. The average molecular weight is 198 g/mol. The SMILES string of the molecule is COC(=O)[C@@H](C)Oc1ccccc1F. The molecule has 14 heavy (non-hydrogen) atoms. The molecule has 0 fully saturated rings. The Kier molecular flexibility index (Phi) is 3.45. The summed E-state index contributed by atoms with van der Waals surface area (Å²) in [5.74, 6) is -0.984. The number of hydrogen-bond acceptors (Lipinski definition) is 3. The molecule has 0 saturated heterocycles. The Morgan fingerprint density at radius 2 is 2.07 bits per heavy atom. The number of halogens is 1. The van der Waals surface area contributed by atoms with Crippen molar-refractivity contribution < 1.29 is 18.7 Å². The fourth-order valence-electron chi connectivity index (χ4n) is 0.945. The van der Waals surface area contributed by atoms with Gasteiger partial charge in [-0.05, 0) is 19.1 Å². The largest absolute Gasteiger partial charge is 0.476 e. The second-order valence-electron chi connectivity index (χ2n) is 2.71. The number of carbonyl (C=O) groups is 1. The van der Waals surface area contributed by atoms with Crippen LogP contribution in [-0.2, 0) is 9.53 Å². The van der Waals surface area contributed by atoms with Gasteiger partial charge in [-0.3, -0.25) is 0 Å². The van der Waals surface area contributed by atoms with Crippen molar-refractivity contribution in [2.45, 2.75) is 13.0 Å². The summed E-state index contributed by atoms with van der Waals surface area (Å²) in [6, 6.07) is 5.89. The standard InChI is InChI=1S/C10H11FO3/c1-7(10(12)13-2)14-9-6-4-3-5-8(9)11/h3-7H,1-2H3/t7-/m1/s1. The van der Waals surface area contributed by atoms with Crippen molar-refractivity contribution in [2.24, 2.45) is 0 Å². The van der Waals surface area contributed by atoms with Gasteiger partial charge < -0.3 is 9.47 Å². The van der Waals surface area contributed by atoms with E-state index in [1.165, 1.54) is 26.2 Å². The number of carbonyl (C=O) groups excluding carboxylic acids is 1. The molecule has 0 radical (unpaired) electrons. The fraction of sp³-hybridized carbons (Fsp3) is 0.300. The summed E-state index contributed by atoms with van der Waals surface area (Å²) in [5, 5.41) is 0. The van der Waals surface area contributed by atoms with Gasteiger partial charge in [-0.1, -0.05) is 12.1 Å². The zero-order valence-electron chi connectivity index (χ0n) is 7.99. The topological polar surface area (TPSA) is 35.5 Å². The average Bonchev–Trinajstić information content (AvgIpc) is 2.20. The van der Waals surface area contributed by atoms with Gasteiger partial charge in [0.05, 0.1) is 7.11 Å². The Bertz CT molecular complexity index is 325. The molecular formula is C10H11FO3. The van der Waals surface area contributed by atoms with Crippen molar-refractivity contribution in [2.75, 3.05) is 7.11 Å². The highest BCUT2D eigenvalue weighted by Crippen LogP contribution is 2.17. The van der Waals surface area contributed by atoms with Gasteiger partial charge in [0, 0.05) is 0 Å². The molecule has 0 heterocycles. The molecule has 1 rings (SSSR count). The molecule has 1 aromatic carbocycles. The summed E-state index contributed by atoms with van der Waals surface area (Å²) in [5.41, 5.74) is 0. The number of methoxy groups -OCH3 is 1. The Labute approximate surface area is 81.4 Å². The first-order chi connectivity index (χ1) is 6.65. The molecule has 0 spiro atoms. The molecule has 76 valence electrons. The lowest BCUT2D eigenvalue weighted by Crippen LogP contribution is -2.25. The Morgan fingerprint density at radius 1 is 1.43 bits per heavy atom. The number of benzene rings is 1. The van der Waals surface area contributed by atoms with Gasteiger partial charge in [-0.2, -0.15) is 0 Å². The van der Waals surface area contributed by atoms with Gasteiger partial charge in [0.1, 0.15) is 0 Å². The maximum Gasteiger partial charge on any atom is 0.346 e. The first-order valence-electron chi connectivity index (χ1n) is 4.14. The van der Waals surface area contributed by atoms with E-state index in [1.807, 2.05) is 0 Å². The van der Waals surface area contributed by atoms with E-state index in [1.54, 1.807) is 12.1 Å². The maximum atomic E-state index is 13.0. The summed E-state index contributed by atoms with van der Waals surface area (Å²) < 4.78 is 22.5. The Hall–Kier alpha value is -1.58. The molecule has 0 saturated carbocycles. The summed E-state index contributed by atoms with van der Waals surface area (Å²) in [7, 11) is 1.25. The fourth-order valence-corrected chi connectivity index (χ4v) is 0.945. The van der Waals surface area contributed by atoms with Gasteiger partial charge in [0.15, 0.2) is 17.7 Å². The van der Waals surface area contributed by atoms with E-state index in [4.69, 9.17) is 4.74 Å². The lowest BCUT2D eigenvalue weighted by atomic mass is 10.3. The molecule has 0 N–H and O–H groups in total. The minimum atomic E-state index is -0.808. The van der Waals surface area contributed by atoms with Crippen LogP contribution in [0.5, 0.6) is 5.75 Å². The van der Waals surface area contributed by atoms with Crippen LogP contribution in [0, 0.1) is 5.82 Å². The number of para-hydroxylation sites is 1. The quantitative estimate of drug-likeness (QED) is 0.694. The first-order valence-corrected chi connectivity index (χ1v) is 4.14. The Balaban J connectivity index is 2.69. The molecule has 1 atom stereocenters. The van der Waals surface area contributed by atoms with E-state index in [0.29, 0.717) is 0 Å². The number of hydrogen-bond donors (Lipinski definition) is 0. The lowest BCUT2D eigenvalue weighted by Gasteiger charge is -2.12. The number of esters is 1. The van der Waals surface area contributed by atoms with Crippen molar-refractivity contribution in [3.8, 4) is 5.75 Å². The molecule has 4 heteroatoms. The Morgan fingerprint density at radius 3 is 2.64 bits per heavy atom. The molecule has 0 aliphatic heterocycles. The van der Waals surface area contributed by atoms with Gasteiger partial charge >= 0.3 is 5.97 Å². The molecule has 0 aliphatic carbocycles. The van der Waals surface area contributed by atoms with E-state index < -0.39 is 17.9 Å². The van der Waals surface area contributed by atoms with Crippen LogP contribution < -0.4 is 4.74 Å². The van der Waals surface area contributed by atoms with Gasteiger partial charge in [-0.15, -0.1) is 0 Å². The third kappa shape index (κ3) is 2.45. The van der Waals surface area contributed by atoms with E-state index in [2.05, 4.69) is 4.74 Å². The van der Waals surface area contributed by atoms with Gasteiger partial charge in [0.2, 0.25) is 0 Å². The van der Waals surface area contributed by atoms with Gasteiger partial charge in [-0.25, -0.2) is 9.18 Å². The van der Waals surface area contributed by atoms with E-state index in [-0.39, 0.29) is 5.75 Å². The van der Waals surface area contributed by atoms with E-state index in [0.717, 1.165) is 0 Å². The molecule has 0 amide bonds. The minimum Gasteiger partial charge on any atom is -0.476 e. The normalized spacial score (nSPS) is 11.9. The smallest absolute Gasteiger partial charge is 0.346 e. The lowest BCUT2D eigenvalue weighted by molar-refractivity contribution is -0.148. The predicted molar refractivity (Wildman–Crippen MR) is 48.5 cm³/mol. The highest BCUT2D eigenvalue weighted by molar-refractivity contribution is 5.74. The summed E-state index contributed by atoms with van der Waals surface area (Å²) >= 11 is 0. The molecule has 1 aromatic rings. The van der Waals surface area contributed by atoms with Crippen molar-refractivity contribution in [1.82, 2.24) is 0 Å². The monoisotopic (exact) mass is 198 g/mol. The maximum absolute atomic E-state index is 13.0. The van der Waals surface area contributed by atoms with Crippen molar-refractivity contribution in [3.63, 3.8) is 0 Å². The van der Waals surface area contributed by atoms with Crippen molar-refractivity contribution in [1.29, 1.82) is 0 Å². The highest BCUT2D eigenvalue weighted by Gasteiger charge is 2.16. The number of rotatable bonds is 3.